The lowest BCUT2D eigenvalue weighted by atomic mass is 10.2. The number of benzene rings is 2. The zero-order chi connectivity index (χ0) is 13.1. The van der Waals surface area contributed by atoms with Gasteiger partial charge in [-0.1, -0.05) is 33.6 Å². The highest BCUT2D eigenvalue weighted by Crippen LogP contribution is 2.21. The maximum Gasteiger partial charge on any atom is 0.129 e. The smallest absolute Gasteiger partial charge is 0.129 e. The summed E-state index contributed by atoms with van der Waals surface area (Å²) in [5, 5.41) is 3.60. The van der Waals surface area contributed by atoms with E-state index >= 15 is 0 Å². The Morgan fingerprint density at radius 1 is 1.22 bits per heavy atom. The molecule has 2 aromatic carbocycles. The zero-order valence-electron chi connectivity index (χ0n) is 9.81. The molecule has 0 atom stereocenters. The van der Waals surface area contributed by atoms with E-state index in [0.717, 1.165) is 15.7 Å². The molecule has 0 radical (unpaired) electrons. The second kappa shape index (κ2) is 5.72. The molecule has 0 amide bonds. The minimum Gasteiger partial charge on any atom is -0.381 e. The first kappa shape index (κ1) is 13.4. The van der Waals surface area contributed by atoms with Crippen LogP contribution in [0.2, 0.25) is 5.02 Å². The minimum absolute atomic E-state index is 0.290. The minimum atomic E-state index is -0.290. The summed E-state index contributed by atoms with van der Waals surface area (Å²) in [6.45, 7) is 2.44. The van der Waals surface area contributed by atoms with Crippen molar-refractivity contribution in [3.8, 4) is 0 Å². The van der Waals surface area contributed by atoms with Crippen LogP contribution in [0.5, 0.6) is 0 Å². The first-order chi connectivity index (χ1) is 8.54. The van der Waals surface area contributed by atoms with Gasteiger partial charge in [-0.25, -0.2) is 4.39 Å². The molecular formula is C14H12BrClFN. The summed E-state index contributed by atoms with van der Waals surface area (Å²) < 4.78 is 14.6. The lowest BCUT2D eigenvalue weighted by molar-refractivity contribution is 0.613. The molecule has 4 heteroatoms. The molecule has 0 aliphatic rings. The molecule has 0 aliphatic carbocycles. The van der Waals surface area contributed by atoms with Gasteiger partial charge in [-0.3, -0.25) is 0 Å². The normalized spacial score (nSPS) is 10.4. The van der Waals surface area contributed by atoms with Crippen LogP contribution < -0.4 is 5.32 Å². The van der Waals surface area contributed by atoms with Gasteiger partial charge in [0.25, 0.3) is 0 Å². The average Bonchev–Trinajstić information content (AvgIpc) is 2.26. The van der Waals surface area contributed by atoms with Crippen molar-refractivity contribution in [3.05, 3.63) is 62.8 Å². The number of hydrogen-bond acceptors (Lipinski definition) is 1. The number of aryl methyl sites for hydroxylation is 1. The Hall–Kier alpha value is -1.06. The third-order valence-corrected chi connectivity index (χ3v) is 3.23. The molecule has 1 nitrogen and oxygen atoms in total. The molecule has 1 N–H and O–H groups in total. The largest absolute Gasteiger partial charge is 0.381 e. The van der Waals surface area contributed by atoms with E-state index in [2.05, 4.69) is 21.2 Å². The zero-order valence-corrected chi connectivity index (χ0v) is 12.1. The second-order valence-electron chi connectivity index (χ2n) is 4.11. The fourth-order valence-corrected chi connectivity index (χ4v) is 2.47. The van der Waals surface area contributed by atoms with Crippen molar-refractivity contribution in [1.29, 1.82) is 0 Å². The summed E-state index contributed by atoms with van der Waals surface area (Å²) >= 11 is 9.14. The van der Waals surface area contributed by atoms with Crippen molar-refractivity contribution >= 4 is 33.2 Å². The molecule has 0 aromatic heterocycles. The molecule has 0 bridgehead atoms. The van der Waals surface area contributed by atoms with Crippen LogP contribution in [0.1, 0.15) is 11.1 Å². The third-order valence-electron chi connectivity index (χ3n) is 2.54. The SMILES string of the molecule is Cc1cc(Br)cc(NCc2ccc(Cl)cc2F)c1. The summed E-state index contributed by atoms with van der Waals surface area (Å²) in [6, 6.07) is 10.7. The highest BCUT2D eigenvalue weighted by atomic mass is 79.9. The monoisotopic (exact) mass is 327 g/mol. The van der Waals surface area contributed by atoms with E-state index in [-0.39, 0.29) is 5.82 Å². The number of hydrogen-bond donors (Lipinski definition) is 1. The molecule has 0 saturated heterocycles. The topological polar surface area (TPSA) is 12.0 Å². The summed E-state index contributed by atoms with van der Waals surface area (Å²) in [4.78, 5) is 0. The van der Waals surface area contributed by atoms with Crippen molar-refractivity contribution in [2.45, 2.75) is 13.5 Å². The van der Waals surface area contributed by atoms with E-state index < -0.39 is 0 Å². The number of rotatable bonds is 3. The lowest BCUT2D eigenvalue weighted by Gasteiger charge is -2.09. The van der Waals surface area contributed by atoms with Gasteiger partial charge in [0.05, 0.1) is 0 Å². The van der Waals surface area contributed by atoms with Crippen LogP contribution in [-0.4, -0.2) is 0 Å². The Morgan fingerprint density at radius 3 is 2.67 bits per heavy atom. The summed E-state index contributed by atoms with van der Waals surface area (Å²) in [5.74, 6) is -0.290. The summed E-state index contributed by atoms with van der Waals surface area (Å²) in [6.07, 6.45) is 0. The van der Waals surface area contributed by atoms with E-state index in [9.17, 15) is 4.39 Å². The van der Waals surface area contributed by atoms with Gasteiger partial charge in [0, 0.05) is 27.3 Å². The van der Waals surface area contributed by atoms with Gasteiger partial charge >= 0.3 is 0 Å². The fourth-order valence-electron chi connectivity index (χ4n) is 1.70. The van der Waals surface area contributed by atoms with Crippen molar-refractivity contribution in [2.24, 2.45) is 0 Å². The predicted molar refractivity (Wildman–Crippen MR) is 77.6 cm³/mol. The fraction of sp³-hybridized carbons (Fsp3) is 0.143. The van der Waals surface area contributed by atoms with Gasteiger partial charge in [-0.05, 0) is 42.8 Å². The standard InChI is InChI=1S/C14H12BrClFN/c1-9-4-11(15)6-13(5-9)18-8-10-2-3-12(16)7-14(10)17/h2-7,18H,8H2,1H3. The van der Waals surface area contributed by atoms with Gasteiger partial charge < -0.3 is 5.32 Å². The first-order valence-electron chi connectivity index (χ1n) is 5.49. The van der Waals surface area contributed by atoms with Gasteiger partial charge in [0.15, 0.2) is 0 Å². The summed E-state index contributed by atoms with van der Waals surface area (Å²) in [7, 11) is 0. The molecule has 0 fully saturated rings. The Labute approximate surface area is 119 Å². The Bertz CT molecular complexity index is 551. The molecule has 0 saturated carbocycles. The number of halogens is 3. The van der Waals surface area contributed by atoms with E-state index in [0.29, 0.717) is 17.1 Å². The lowest BCUT2D eigenvalue weighted by Crippen LogP contribution is -2.02. The van der Waals surface area contributed by atoms with Crippen molar-refractivity contribution in [1.82, 2.24) is 0 Å². The van der Waals surface area contributed by atoms with Gasteiger partial charge in [0.2, 0.25) is 0 Å². The van der Waals surface area contributed by atoms with Crippen LogP contribution in [0.4, 0.5) is 10.1 Å². The molecule has 0 spiro atoms. The number of anilines is 1. The van der Waals surface area contributed by atoms with Crippen molar-refractivity contribution in [3.63, 3.8) is 0 Å². The van der Waals surface area contributed by atoms with Crippen LogP contribution in [0.25, 0.3) is 0 Å². The molecular weight excluding hydrogens is 317 g/mol. The van der Waals surface area contributed by atoms with Crippen molar-refractivity contribution in [2.75, 3.05) is 5.32 Å². The molecule has 94 valence electrons. The Morgan fingerprint density at radius 2 is 2.00 bits per heavy atom. The molecule has 0 aliphatic heterocycles. The van der Waals surface area contributed by atoms with Gasteiger partial charge in [0.1, 0.15) is 5.82 Å². The maximum atomic E-state index is 13.6. The molecule has 0 heterocycles. The predicted octanol–water partition coefficient (Wildman–Crippen LogP) is 5.16. The quantitative estimate of drug-likeness (QED) is 0.820. The first-order valence-corrected chi connectivity index (χ1v) is 6.67. The van der Waals surface area contributed by atoms with Crippen LogP contribution >= 0.6 is 27.5 Å². The molecule has 0 unspecified atom stereocenters. The molecule has 2 rings (SSSR count). The second-order valence-corrected chi connectivity index (χ2v) is 5.46. The van der Waals surface area contributed by atoms with Crippen molar-refractivity contribution < 1.29 is 4.39 Å². The number of nitrogens with one attached hydrogen (secondary N) is 1. The van der Waals surface area contributed by atoms with E-state index in [1.807, 2.05) is 25.1 Å². The van der Waals surface area contributed by atoms with Crippen LogP contribution in [0.15, 0.2) is 40.9 Å². The van der Waals surface area contributed by atoms with Crippen LogP contribution in [0, 0.1) is 12.7 Å². The van der Waals surface area contributed by atoms with Gasteiger partial charge in [-0.2, -0.15) is 0 Å². The van der Waals surface area contributed by atoms with E-state index in [1.165, 1.54) is 6.07 Å². The highest BCUT2D eigenvalue weighted by molar-refractivity contribution is 9.10. The third kappa shape index (κ3) is 3.47. The maximum absolute atomic E-state index is 13.6. The van der Waals surface area contributed by atoms with E-state index in [4.69, 9.17) is 11.6 Å². The van der Waals surface area contributed by atoms with E-state index in [1.54, 1.807) is 12.1 Å². The Kier molecular flexibility index (Phi) is 4.25. The van der Waals surface area contributed by atoms with Crippen LogP contribution in [0.3, 0.4) is 0 Å². The van der Waals surface area contributed by atoms with Gasteiger partial charge in [-0.15, -0.1) is 0 Å². The molecule has 18 heavy (non-hydrogen) atoms. The van der Waals surface area contributed by atoms with Crippen LogP contribution in [-0.2, 0) is 6.54 Å². The molecule has 2 aromatic rings. The Balaban J connectivity index is 2.11. The highest BCUT2D eigenvalue weighted by Gasteiger charge is 2.03. The summed E-state index contributed by atoms with van der Waals surface area (Å²) in [5.41, 5.74) is 2.69. The average molecular weight is 329 g/mol.